The van der Waals surface area contributed by atoms with Gasteiger partial charge in [0.25, 0.3) is 0 Å². The fourth-order valence-corrected chi connectivity index (χ4v) is 1.31. The Labute approximate surface area is 87.1 Å². The first-order valence-electron chi connectivity index (χ1n) is 5.47. The molecule has 14 heavy (non-hydrogen) atoms. The van der Waals surface area contributed by atoms with E-state index in [2.05, 4.69) is 6.92 Å². The highest BCUT2D eigenvalue weighted by atomic mass is 16.5. The third kappa shape index (κ3) is 4.90. The Kier molecular flexibility index (Phi) is 5.89. The van der Waals surface area contributed by atoms with Crippen LogP contribution in [0, 0.1) is 6.61 Å². The van der Waals surface area contributed by atoms with Gasteiger partial charge in [-0.2, -0.15) is 0 Å². The van der Waals surface area contributed by atoms with Crippen molar-refractivity contribution >= 4 is 0 Å². The Bertz CT molecular complexity index is 218. The molecule has 0 aliphatic carbocycles. The summed E-state index contributed by atoms with van der Waals surface area (Å²) in [6.45, 7) is 4.13. The zero-order valence-corrected chi connectivity index (χ0v) is 8.91. The number of rotatable bonds is 7. The molecule has 0 aliphatic rings. The van der Waals surface area contributed by atoms with E-state index >= 15 is 0 Å². The van der Waals surface area contributed by atoms with Crippen LogP contribution < -0.4 is 4.74 Å². The number of hydrogen-bond donors (Lipinski definition) is 0. The fourth-order valence-electron chi connectivity index (χ4n) is 1.31. The van der Waals surface area contributed by atoms with Gasteiger partial charge in [0.1, 0.15) is 12.4 Å². The van der Waals surface area contributed by atoms with E-state index < -0.39 is 0 Å². The fraction of sp³-hybridized carbons (Fsp3) is 0.462. The van der Waals surface area contributed by atoms with Crippen molar-refractivity contribution in [3.8, 4) is 5.75 Å². The average molecular weight is 191 g/mol. The Morgan fingerprint density at radius 1 is 1.07 bits per heavy atom. The van der Waals surface area contributed by atoms with Crippen LogP contribution in [-0.2, 0) is 0 Å². The van der Waals surface area contributed by atoms with Gasteiger partial charge in [0.05, 0.1) is 0 Å². The summed E-state index contributed by atoms with van der Waals surface area (Å²) in [6, 6.07) is 9.92. The Balaban J connectivity index is 1.99. The molecule has 0 N–H and O–H groups in total. The normalized spacial score (nSPS) is 10.1. The zero-order valence-electron chi connectivity index (χ0n) is 8.91. The largest absolute Gasteiger partial charge is 0.487 e. The molecule has 0 heterocycles. The van der Waals surface area contributed by atoms with Crippen LogP contribution in [0.5, 0.6) is 5.75 Å². The SMILES string of the molecule is CCCCCC[CH]Oc1ccccc1. The number of ether oxygens (including phenoxy) is 1. The lowest BCUT2D eigenvalue weighted by Crippen LogP contribution is -1.89. The number of hydrogen-bond acceptors (Lipinski definition) is 1. The molecular weight excluding hydrogens is 172 g/mol. The monoisotopic (exact) mass is 191 g/mol. The highest BCUT2D eigenvalue weighted by molar-refractivity contribution is 5.21. The van der Waals surface area contributed by atoms with Crippen LogP contribution in [0.2, 0.25) is 0 Å². The van der Waals surface area contributed by atoms with Crippen molar-refractivity contribution in [1.82, 2.24) is 0 Å². The van der Waals surface area contributed by atoms with E-state index in [0.29, 0.717) is 0 Å². The van der Waals surface area contributed by atoms with Gasteiger partial charge in [-0.3, -0.25) is 0 Å². The van der Waals surface area contributed by atoms with Gasteiger partial charge in [0.2, 0.25) is 0 Å². The molecule has 0 saturated heterocycles. The molecule has 0 saturated carbocycles. The highest BCUT2D eigenvalue weighted by Gasteiger charge is 1.92. The van der Waals surface area contributed by atoms with Gasteiger partial charge in [0.15, 0.2) is 0 Å². The van der Waals surface area contributed by atoms with E-state index in [9.17, 15) is 0 Å². The Hall–Kier alpha value is -0.980. The Morgan fingerprint density at radius 3 is 2.57 bits per heavy atom. The number of unbranched alkanes of at least 4 members (excludes halogenated alkanes) is 4. The first kappa shape index (κ1) is 11.1. The smallest absolute Gasteiger partial charge is 0.135 e. The van der Waals surface area contributed by atoms with E-state index in [1.165, 1.54) is 25.7 Å². The second-order valence-corrected chi connectivity index (χ2v) is 3.45. The lowest BCUT2D eigenvalue weighted by atomic mass is 10.2. The predicted octanol–water partition coefficient (Wildman–Crippen LogP) is 4.20. The molecule has 0 bridgehead atoms. The molecular formula is C13H19O. The van der Waals surface area contributed by atoms with Gasteiger partial charge in [-0.05, 0) is 25.0 Å². The van der Waals surface area contributed by atoms with Gasteiger partial charge >= 0.3 is 0 Å². The molecule has 1 aromatic carbocycles. The van der Waals surface area contributed by atoms with E-state index in [4.69, 9.17) is 4.74 Å². The summed E-state index contributed by atoms with van der Waals surface area (Å²) < 4.78 is 5.46. The van der Waals surface area contributed by atoms with Gasteiger partial charge in [-0.1, -0.05) is 44.4 Å². The topological polar surface area (TPSA) is 9.23 Å². The van der Waals surface area contributed by atoms with E-state index in [1.807, 2.05) is 36.9 Å². The Morgan fingerprint density at radius 2 is 1.86 bits per heavy atom. The zero-order chi connectivity index (χ0) is 10.1. The van der Waals surface area contributed by atoms with Crippen LogP contribution in [-0.4, -0.2) is 0 Å². The molecule has 1 aromatic rings. The van der Waals surface area contributed by atoms with E-state index in [0.717, 1.165) is 12.2 Å². The lowest BCUT2D eigenvalue weighted by molar-refractivity contribution is 0.383. The summed E-state index contributed by atoms with van der Waals surface area (Å²) in [6.07, 6.45) is 6.22. The molecule has 0 amide bonds. The van der Waals surface area contributed by atoms with Crippen LogP contribution in [0.4, 0.5) is 0 Å². The van der Waals surface area contributed by atoms with Gasteiger partial charge < -0.3 is 4.74 Å². The second-order valence-electron chi connectivity index (χ2n) is 3.45. The van der Waals surface area contributed by atoms with Crippen molar-refractivity contribution < 1.29 is 4.74 Å². The van der Waals surface area contributed by atoms with Crippen molar-refractivity contribution in [2.24, 2.45) is 0 Å². The molecule has 0 atom stereocenters. The quantitative estimate of drug-likeness (QED) is 0.587. The molecule has 0 fully saturated rings. The molecule has 0 unspecified atom stereocenters. The number of benzene rings is 1. The second kappa shape index (κ2) is 7.43. The third-order valence-electron chi connectivity index (χ3n) is 2.14. The molecule has 0 spiro atoms. The molecule has 1 heteroatoms. The molecule has 1 rings (SSSR count). The molecule has 77 valence electrons. The van der Waals surface area contributed by atoms with Gasteiger partial charge in [-0.15, -0.1) is 0 Å². The van der Waals surface area contributed by atoms with Crippen molar-refractivity contribution in [1.29, 1.82) is 0 Å². The maximum Gasteiger partial charge on any atom is 0.135 e. The lowest BCUT2D eigenvalue weighted by Gasteiger charge is -2.04. The van der Waals surface area contributed by atoms with Crippen LogP contribution in [0.1, 0.15) is 39.0 Å². The van der Waals surface area contributed by atoms with Crippen molar-refractivity contribution in [2.45, 2.75) is 39.0 Å². The first-order valence-corrected chi connectivity index (χ1v) is 5.47. The van der Waals surface area contributed by atoms with Crippen LogP contribution >= 0.6 is 0 Å². The summed E-state index contributed by atoms with van der Waals surface area (Å²) in [4.78, 5) is 0. The average Bonchev–Trinajstić information content (AvgIpc) is 2.25. The standard InChI is InChI=1S/C13H19O/c1-2-3-4-5-9-12-14-13-10-7-6-8-11-13/h6-8,10-12H,2-5,9H2,1H3. The maximum absolute atomic E-state index is 5.46. The summed E-state index contributed by atoms with van der Waals surface area (Å²) in [5.74, 6) is 0.933. The summed E-state index contributed by atoms with van der Waals surface area (Å²) in [5, 5.41) is 0. The summed E-state index contributed by atoms with van der Waals surface area (Å²) in [7, 11) is 0. The van der Waals surface area contributed by atoms with Gasteiger partial charge in [0, 0.05) is 0 Å². The maximum atomic E-state index is 5.46. The summed E-state index contributed by atoms with van der Waals surface area (Å²) >= 11 is 0. The van der Waals surface area contributed by atoms with Gasteiger partial charge in [-0.25, -0.2) is 0 Å². The van der Waals surface area contributed by atoms with Crippen LogP contribution in [0.25, 0.3) is 0 Å². The van der Waals surface area contributed by atoms with Crippen molar-refractivity contribution in [3.63, 3.8) is 0 Å². The number of para-hydroxylation sites is 1. The minimum Gasteiger partial charge on any atom is -0.487 e. The van der Waals surface area contributed by atoms with Crippen molar-refractivity contribution in [2.75, 3.05) is 0 Å². The molecule has 1 radical (unpaired) electrons. The third-order valence-corrected chi connectivity index (χ3v) is 2.14. The van der Waals surface area contributed by atoms with Crippen LogP contribution in [0.3, 0.4) is 0 Å². The highest BCUT2D eigenvalue weighted by Crippen LogP contribution is 2.11. The minimum absolute atomic E-state index is 0.933. The molecule has 0 aliphatic heterocycles. The first-order chi connectivity index (χ1) is 6.93. The predicted molar refractivity (Wildman–Crippen MR) is 60.1 cm³/mol. The van der Waals surface area contributed by atoms with Crippen molar-refractivity contribution in [3.05, 3.63) is 36.9 Å². The molecule has 0 aromatic heterocycles. The van der Waals surface area contributed by atoms with E-state index in [1.54, 1.807) is 0 Å². The minimum atomic E-state index is 0.933. The van der Waals surface area contributed by atoms with Crippen LogP contribution in [0.15, 0.2) is 30.3 Å². The van der Waals surface area contributed by atoms with E-state index in [-0.39, 0.29) is 0 Å². The summed E-state index contributed by atoms with van der Waals surface area (Å²) in [5.41, 5.74) is 0. The molecule has 1 nitrogen and oxygen atoms in total.